The lowest BCUT2D eigenvalue weighted by Gasteiger charge is -2.19. The fourth-order valence-corrected chi connectivity index (χ4v) is 5.09. The van der Waals surface area contributed by atoms with Crippen LogP contribution in [0.25, 0.3) is 16.7 Å². The van der Waals surface area contributed by atoms with E-state index in [0.29, 0.717) is 17.1 Å². The number of primary amides is 1. The number of rotatable bonds is 7. The Morgan fingerprint density at radius 2 is 2.07 bits per heavy atom. The maximum absolute atomic E-state index is 12.3. The first-order valence-corrected chi connectivity index (χ1v) is 11.1. The Labute approximate surface area is 174 Å². The first-order chi connectivity index (χ1) is 13.6. The highest BCUT2D eigenvalue weighted by molar-refractivity contribution is 7.87. The summed E-state index contributed by atoms with van der Waals surface area (Å²) < 4.78 is 32.6. The second-order valence-corrected chi connectivity index (χ2v) is 9.00. The average Bonchev–Trinajstić information content (AvgIpc) is 3.12. The van der Waals surface area contributed by atoms with Gasteiger partial charge >= 0.3 is 16.2 Å². The normalized spacial score (nSPS) is 13.0. The summed E-state index contributed by atoms with van der Waals surface area (Å²) in [5.74, 6) is -0.0549. The van der Waals surface area contributed by atoms with Crippen molar-refractivity contribution in [2.75, 3.05) is 5.75 Å². The number of carbonyl (C=O) groups excluding carboxylic acids is 1. The lowest BCUT2D eigenvalue weighted by molar-refractivity contribution is 0.212. The summed E-state index contributed by atoms with van der Waals surface area (Å²) in [5.41, 5.74) is 7.28. The lowest BCUT2D eigenvalue weighted by Crippen LogP contribution is -2.24. The third-order valence-electron chi connectivity index (χ3n) is 4.78. The molecular weight excluding hydrogens is 416 g/mol. The fourth-order valence-electron chi connectivity index (χ4n) is 3.78. The Balaban J connectivity index is 2.16. The summed E-state index contributed by atoms with van der Waals surface area (Å²) in [6.07, 6.45) is 1.87. The van der Waals surface area contributed by atoms with Crippen LogP contribution in [0.5, 0.6) is 0 Å². The van der Waals surface area contributed by atoms with Crippen LogP contribution >= 0.6 is 11.6 Å². The summed E-state index contributed by atoms with van der Waals surface area (Å²) >= 11 is 6.19. The van der Waals surface area contributed by atoms with E-state index in [0.717, 1.165) is 28.7 Å². The molecule has 3 aromatic rings. The maximum Gasteiger partial charge on any atom is 0.420 e. The van der Waals surface area contributed by atoms with E-state index >= 15 is 0 Å². The van der Waals surface area contributed by atoms with Crippen LogP contribution in [0.4, 0.5) is 4.79 Å². The second kappa shape index (κ2) is 8.08. The standard InChI is InChI=1S/C19H23ClN4O4S/c1-4-5-14(11-29(26,27)28-19(21)25)17-12(2)22-23(3)18(17)24-9-8-13-6-7-15(20)10-16(13)24/h6-10,14H,4-5,11H2,1-3H3,(H2,21,25). The van der Waals surface area contributed by atoms with E-state index in [1.54, 1.807) is 11.7 Å². The number of nitrogens with two attached hydrogens (primary N) is 1. The molecule has 2 aromatic heterocycles. The summed E-state index contributed by atoms with van der Waals surface area (Å²) in [7, 11) is -2.33. The predicted molar refractivity (Wildman–Crippen MR) is 112 cm³/mol. The molecule has 0 saturated carbocycles. The van der Waals surface area contributed by atoms with E-state index in [2.05, 4.69) is 9.28 Å². The Kier molecular flexibility index (Phi) is 5.90. The van der Waals surface area contributed by atoms with Gasteiger partial charge in [0.2, 0.25) is 0 Å². The van der Waals surface area contributed by atoms with E-state index < -0.39 is 22.1 Å². The zero-order valence-corrected chi connectivity index (χ0v) is 18.0. The third-order valence-corrected chi connectivity index (χ3v) is 6.24. The fraction of sp³-hybridized carbons (Fsp3) is 0.368. The van der Waals surface area contributed by atoms with E-state index in [1.807, 2.05) is 48.9 Å². The van der Waals surface area contributed by atoms with Crippen molar-refractivity contribution in [1.82, 2.24) is 14.3 Å². The van der Waals surface area contributed by atoms with Gasteiger partial charge in [0.05, 0.1) is 17.0 Å². The van der Waals surface area contributed by atoms with E-state index in [4.69, 9.17) is 17.3 Å². The Hall–Kier alpha value is -2.52. The van der Waals surface area contributed by atoms with Crippen LogP contribution in [0.1, 0.15) is 36.9 Å². The number of hydrogen-bond acceptors (Lipinski definition) is 5. The van der Waals surface area contributed by atoms with E-state index in [9.17, 15) is 13.2 Å². The van der Waals surface area contributed by atoms with Gasteiger partial charge in [-0.3, -0.25) is 4.68 Å². The van der Waals surface area contributed by atoms with Gasteiger partial charge in [-0.15, -0.1) is 0 Å². The number of halogens is 1. The zero-order chi connectivity index (χ0) is 21.3. The largest absolute Gasteiger partial charge is 0.420 e. The van der Waals surface area contributed by atoms with Gasteiger partial charge in [0.15, 0.2) is 0 Å². The molecule has 0 bridgehead atoms. The molecule has 0 aliphatic heterocycles. The Bertz CT molecular complexity index is 1170. The smallest absolute Gasteiger partial charge is 0.334 e. The van der Waals surface area contributed by atoms with Crippen molar-refractivity contribution in [2.45, 2.75) is 32.6 Å². The number of hydrogen-bond donors (Lipinski definition) is 1. The van der Waals surface area contributed by atoms with Crippen LogP contribution in [0, 0.1) is 6.92 Å². The molecule has 1 aromatic carbocycles. The molecule has 0 saturated heterocycles. The van der Waals surface area contributed by atoms with Gasteiger partial charge in [0, 0.05) is 35.1 Å². The minimum Gasteiger partial charge on any atom is -0.334 e. The first-order valence-electron chi connectivity index (χ1n) is 9.15. The monoisotopic (exact) mass is 438 g/mol. The maximum atomic E-state index is 12.3. The van der Waals surface area contributed by atoms with Crippen LogP contribution in [0.15, 0.2) is 30.5 Å². The van der Waals surface area contributed by atoms with E-state index in [-0.39, 0.29) is 5.75 Å². The van der Waals surface area contributed by atoms with Crippen LogP contribution in [0.3, 0.4) is 0 Å². The van der Waals surface area contributed by atoms with Crippen molar-refractivity contribution in [2.24, 2.45) is 12.8 Å². The minimum absolute atomic E-state index is 0.372. The molecule has 1 atom stereocenters. The Morgan fingerprint density at radius 3 is 2.72 bits per heavy atom. The molecule has 0 spiro atoms. The van der Waals surface area contributed by atoms with Gasteiger partial charge in [0.25, 0.3) is 0 Å². The molecule has 3 rings (SSSR count). The number of amides is 1. The SMILES string of the molecule is CCCC(CS(=O)(=O)OC(N)=O)c1c(C)nn(C)c1-n1ccc2ccc(Cl)cc21. The van der Waals surface area contributed by atoms with Gasteiger partial charge in [-0.1, -0.05) is 31.0 Å². The third kappa shape index (κ3) is 4.40. The van der Waals surface area contributed by atoms with Crippen LogP contribution in [-0.4, -0.2) is 34.6 Å². The van der Waals surface area contributed by atoms with Crippen LogP contribution in [0.2, 0.25) is 5.02 Å². The van der Waals surface area contributed by atoms with Crippen molar-refractivity contribution in [1.29, 1.82) is 0 Å². The minimum atomic E-state index is -4.13. The number of aromatic nitrogens is 3. The van der Waals surface area contributed by atoms with Gasteiger partial charge in [-0.2, -0.15) is 13.5 Å². The average molecular weight is 439 g/mol. The summed E-state index contributed by atoms with van der Waals surface area (Å²) in [6, 6.07) is 7.55. The van der Waals surface area contributed by atoms with Crippen molar-refractivity contribution in [3.8, 4) is 5.82 Å². The molecule has 1 unspecified atom stereocenters. The molecule has 0 fully saturated rings. The van der Waals surface area contributed by atoms with Crippen molar-refractivity contribution in [3.63, 3.8) is 0 Å². The molecule has 10 heteroatoms. The molecule has 2 N–H and O–H groups in total. The summed E-state index contributed by atoms with van der Waals surface area (Å²) in [5, 5.41) is 6.12. The van der Waals surface area contributed by atoms with Crippen LogP contribution < -0.4 is 5.73 Å². The topological polar surface area (TPSA) is 109 Å². The molecule has 1 amide bonds. The lowest BCUT2D eigenvalue weighted by atomic mass is 9.96. The number of benzene rings is 1. The van der Waals surface area contributed by atoms with Gasteiger partial charge in [-0.25, -0.2) is 4.79 Å². The Morgan fingerprint density at radius 1 is 1.34 bits per heavy atom. The summed E-state index contributed by atoms with van der Waals surface area (Å²) in [4.78, 5) is 11.0. The van der Waals surface area contributed by atoms with Crippen LogP contribution in [-0.2, 0) is 21.3 Å². The number of carbonyl (C=O) groups is 1. The zero-order valence-electron chi connectivity index (χ0n) is 16.4. The highest BCUT2D eigenvalue weighted by Gasteiger charge is 2.29. The quantitative estimate of drug-likeness (QED) is 0.566. The second-order valence-electron chi connectivity index (χ2n) is 6.95. The molecule has 29 heavy (non-hydrogen) atoms. The first kappa shape index (κ1) is 21.2. The van der Waals surface area contributed by atoms with Crippen molar-refractivity contribution in [3.05, 3.63) is 46.7 Å². The highest BCUT2D eigenvalue weighted by atomic mass is 35.5. The van der Waals surface area contributed by atoms with Crippen molar-refractivity contribution >= 4 is 38.7 Å². The molecule has 0 aliphatic rings. The van der Waals surface area contributed by atoms with Gasteiger partial charge in [0.1, 0.15) is 5.82 Å². The highest BCUT2D eigenvalue weighted by Crippen LogP contribution is 2.34. The number of nitrogens with zero attached hydrogens (tertiary/aromatic N) is 3. The molecule has 156 valence electrons. The summed E-state index contributed by atoms with van der Waals surface area (Å²) in [6.45, 7) is 3.80. The molecule has 0 aliphatic carbocycles. The number of fused-ring (bicyclic) bond motifs is 1. The molecule has 8 nitrogen and oxygen atoms in total. The van der Waals surface area contributed by atoms with Crippen molar-refractivity contribution < 1.29 is 17.4 Å². The van der Waals surface area contributed by atoms with Gasteiger partial charge in [-0.05, 0) is 31.5 Å². The van der Waals surface area contributed by atoms with E-state index in [1.165, 1.54) is 0 Å². The number of aryl methyl sites for hydroxylation is 2. The molecule has 0 radical (unpaired) electrons. The molecular formula is C19H23ClN4O4S. The predicted octanol–water partition coefficient (Wildman–Crippen LogP) is 3.63. The molecule has 2 heterocycles. The van der Waals surface area contributed by atoms with Gasteiger partial charge < -0.3 is 14.5 Å².